The lowest BCUT2D eigenvalue weighted by molar-refractivity contribution is -0.120. The number of carbonyl (C=O) groups is 2. The quantitative estimate of drug-likeness (QED) is 0.599. The summed E-state index contributed by atoms with van der Waals surface area (Å²) >= 11 is 11.8. The Morgan fingerprint density at radius 2 is 1.07 bits per heavy atom. The van der Waals surface area contributed by atoms with E-state index in [0.717, 1.165) is 36.8 Å². The van der Waals surface area contributed by atoms with Crippen LogP contribution in [0, 0.1) is 0 Å². The SMILES string of the molecule is O=C(C=Cc1ccc(Cl)cc1)N[C@H]1CCCC[C@@H]1NC(=O)C=Cc1ccc(Cl)cc1. The standard InChI is InChI=1S/C24H24Cl2N2O2/c25-19-11-5-17(6-12-19)9-15-23(29)27-21-3-1-2-4-22(21)28-24(30)16-10-18-7-13-20(26)14-8-18/h5-16,21-22H,1-4H2,(H,27,29)(H,28,30)/t21-,22-/m0/s1. The largest absolute Gasteiger partial charge is 0.348 e. The summed E-state index contributed by atoms with van der Waals surface area (Å²) < 4.78 is 0. The molecule has 0 bridgehead atoms. The van der Waals surface area contributed by atoms with Gasteiger partial charge >= 0.3 is 0 Å². The molecule has 2 N–H and O–H groups in total. The smallest absolute Gasteiger partial charge is 0.244 e. The first-order valence-corrected chi connectivity index (χ1v) is 10.7. The Labute approximate surface area is 187 Å². The van der Waals surface area contributed by atoms with E-state index in [1.54, 1.807) is 36.4 Å². The van der Waals surface area contributed by atoms with Crippen molar-refractivity contribution in [1.29, 1.82) is 0 Å². The van der Waals surface area contributed by atoms with Crippen molar-refractivity contribution in [3.8, 4) is 0 Å². The summed E-state index contributed by atoms with van der Waals surface area (Å²) in [6.07, 6.45) is 10.2. The van der Waals surface area contributed by atoms with E-state index < -0.39 is 0 Å². The van der Waals surface area contributed by atoms with Crippen molar-refractivity contribution in [2.45, 2.75) is 37.8 Å². The number of hydrogen-bond acceptors (Lipinski definition) is 2. The van der Waals surface area contributed by atoms with E-state index in [2.05, 4.69) is 10.6 Å². The maximum atomic E-state index is 12.4. The van der Waals surface area contributed by atoms with Crippen molar-refractivity contribution < 1.29 is 9.59 Å². The number of rotatable bonds is 6. The summed E-state index contributed by atoms with van der Waals surface area (Å²) in [5.41, 5.74) is 1.80. The summed E-state index contributed by atoms with van der Waals surface area (Å²) in [6.45, 7) is 0. The van der Waals surface area contributed by atoms with Gasteiger partial charge in [0.05, 0.1) is 0 Å². The van der Waals surface area contributed by atoms with E-state index in [1.807, 2.05) is 24.3 Å². The Bertz CT molecular complexity index is 844. The summed E-state index contributed by atoms with van der Waals surface area (Å²) in [5.74, 6) is -0.347. The van der Waals surface area contributed by atoms with Gasteiger partial charge in [0.25, 0.3) is 0 Å². The molecule has 2 atom stereocenters. The molecular weight excluding hydrogens is 419 g/mol. The lowest BCUT2D eigenvalue weighted by Gasteiger charge is -2.32. The number of nitrogens with one attached hydrogen (secondary N) is 2. The Kier molecular flexibility index (Phi) is 8.12. The highest BCUT2D eigenvalue weighted by molar-refractivity contribution is 6.30. The number of halogens is 2. The zero-order chi connectivity index (χ0) is 21.3. The Balaban J connectivity index is 1.54. The van der Waals surface area contributed by atoms with Gasteiger partial charge in [-0.1, -0.05) is 60.3 Å². The molecule has 4 nitrogen and oxygen atoms in total. The van der Waals surface area contributed by atoms with E-state index in [-0.39, 0.29) is 23.9 Å². The molecule has 156 valence electrons. The minimum Gasteiger partial charge on any atom is -0.348 e. The van der Waals surface area contributed by atoms with Crippen LogP contribution in [0.25, 0.3) is 12.2 Å². The molecule has 1 aliphatic carbocycles. The fourth-order valence-corrected chi connectivity index (χ4v) is 3.68. The number of hydrogen-bond donors (Lipinski definition) is 2. The first-order chi connectivity index (χ1) is 14.5. The maximum absolute atomic E-state index is 12.4. The lowest BCUT2D eigenvalue weighted by atomic mass is 9.90. The maximum Gasteiger partial charge on any atom is 0.244 e. The minimum absolute atomic E-state index is 0.0889. The predicted molar refractivity (Wildman–Crippen MR) is 123 cm³/mol. The van der Waals surface area contributed by atoms with E-state index in [9.17, 15) is 9.59 Å². The van der Waals surface area contributed by atoms with Crippen LogP contribution in [0.2, 0.25) is 10.0 Å². The van der Waals surface area contributed by atoms with E-state index in [0.29, 0.717) is 10.0 Å². The van der Waals surface area contributed by atoms with Gasteiger partial charge in [-0.15, -0.1) is 0 Å². The molecule has 1 fully saturated rings. The van der Waals surface area contributed by atoms with Crippen LogP contribution in [-0.4, -0.2) is 23.9 Å². The van der Waals surface area contributed by atoms with E-state index >= 15 is 0 Å². The highest BCUT2D eigenvalue weighted by Gasteiger charge is 2.26. The van der Waals surface area contributed by atoms with Crippen molar-refractivity contribution in [2.75, 3.05) is 0 Å². The molecule has 2 aromatic rings. The average molecular weight is 443 g/mol. The van der Waals surface area contributed by atoms with Crippen LogP contribution in [0.5, 0.6) is 0 Å². The summed E-state index contributed by atoms with van der Waals surface area (Å²) in [7, 11) is 0. The summed E-state index contributed by atoms with van der Waals surface area (Å²) in [4.78, 5) is 24.7. The normalized spacial score (nSPS) is 19.1. The molecule has 0 aliphatic heterocycles. The van der Waals surface area contributed by atoms with Crippen LogP contribution in [0.15, 0.2) is 60.7 Å². The van der Waals surface area contributed by atoms with E-state index in [1.165, 1.54) is 12.2 Å². The molecule has 0 radical (unpaired) electrons. The zero-order valence-electron chi connectivity index (χ0n) is 16.5. The minimum atomic E-state index is -0.173. The topological polar surface area (TPSA) is 58.2 Å². The second-order valence-electron chi connectivity index (χ2n) is 7.28. The molecule has 30 heavy (non-hydrogen) atoms. The van der Waals surface area contributed by atoms with Crippen molar-refractivity contribution in [3.05, 3.63) is 81.9 Å². The van der Waals surface area contributed by atoms with Gasteiger partial charge in [0, 0.05) is 34.3 Å². The van der Waals surface area contributed by atoms with Crippen molar-refractivity contribution in [2.24, 2.45) is 0 Å². The van der Waals surface area contributed by atoms with Gasteiger partial charge in [0.2, 0.25) is 11.8 Å². The van der Waals surface area contributed by atoms with E-state index in [4.69, 9.17) is 23.2 Å². The molecule has 2 amide bonds. The third-order valence-electron chi connectivity index (χ3n) is 5.02. The Morgan fingerprint density at radius 1 is 0.700 bits per heavy atom. The molecule has 0 saturated heterocycles. The van der Waals surface area contributed by atoms with Gasteiger partial charge in [-0.2, -0.15) is 0 Å². The first-order valence-electron chi connectivity index (χ1n) is 9.98. The van der Waals surface area contributed by atoms with Gasteiger partial charge in [-0.05, 0) is 60.4 Å². The summed E-state index contributed by atoms with van der Waals surface area (Å²) in [6, 6.07) is 14.3. The second kappa shape index (κ2) is 11.0. The third kappa shape index (κ3) is 7.05. The molecule has 1 saturated carbocycles. The van der Waals surface area contributed by atoms with Gasteiger partial charge < -0.3 is 10.6 Å². The molecule has 0 aromatic heterocycles. The van der Waals surface area contributed by atoms with Crippen LogP contribution >= 0.6 is 23.2 Å². The molecule has 2 aromatic carbocycles. The second-order valence-corrected chi connectivity index (χ2v) is 8.16. The molecular formula is C24H24Cl2N2O2. The van der Waals surface area contributed by atoms with Crippen LogP contribution in [0.1, 0.15) is 36.8 Å². The van der Waals surface area contributed by atoms with Gasteiger partial charge in [0.1, 0.15) is 0 Å². The number of carbonyl (C=O) groups excluding carboxylic acids is 2. The average Bonchev–Trinajstić information content (AvgIpc) is 2.74. The fourth-order valence-electron chi connectivity index (χ4n) is 3.43. The molecule has 6 heteroatoms. The zero-order valence-corrected chi connectivity index (χ0v) is 18.0. The van der Waals surface area contributed by atoms with Crippen molar-refractivity contribution >= 4 is 47.2 Å². The highest BCUT2D eigenvalue weighted by atomic mass is 35.5. The third-order valence-corrected chi connectivity index (χ3v) is 5.52. The number of amides is 2. The van der Waals surface area contributed by atoms with Crippen LogP contribution in [0.3, 0.4) is 0 Å². The first kappa shape index (κ1) is 22.1. The van der Waals surface area contributed by atoms with Gasteiger partial charge in [-0.25, -0.2) is 0 Å². The lowest BCUT2D eigenvalue weighted by Crippen LogP contribution is -2.52. The monoisotopic (exact) mass is 442 g/mol. The summed E-state index contributed by atoms with van der Waals surface area (Å²) in [5, 5.41) is 7.37. The number of benzene rings is 2. The molecule has 0 heterocycles. The fraction of sp³-hybridized carbons (Fsp3) is 0.250. The van der Waals surface area contributed by atoms with Crippen LogP contribution in [0.4, 0.5) is 0 Å². The van der Waals surface area contributed by atoms with Crippen molar-refractivity contribution in [1.82, 2.24) is 10.6 Å². The Hall–Kier alpha value is -2.56. The van der Waals surface area contributed by atoms with Crippen LogP contribution < -0.4 is 10.6 Å². The van der Waals surface area contributed by atoms with Crippen LogP contribution in [-0.2, 0) is 9.59 Å². The molecule has 0 spiro atoms. The Morgan fingerprint density at radius 3 is 1.43 bits per heavy atom. The molecule has 0 unspecified atom stereocenters. The predicted octanol–water partition coefficient (Wildman–Crippen LogP) is 5.26. The van der Waals surface area contributed by atoms with Crippen molar-refractivity contribution in [3.63, 3.8) is 0 Å². The highest BCUT2D eigenvalue weighted by Crippen LogP contribution is 2.19. The molecule has 3 rings (SSSR count). The molecule has 1 aliphatic rings. The van der Waals surface area contributed by atoms with Gasteiger partial charge in [0.15, 0.2) is 0 Å². The van der Waals surface area contributed by atoms with Gasteiger partial charge in [-0.3, -0.25) is 9.59 Å².